The summed E-state index contributed by atoms with van der Waals surface area (Å²) in [6.45, 7) is 3.29. The Kier molecular flexibility index (Phi) is 4.71. The molecule has 0 radical (unpaired) electrons. The van der Waals surface area contributed by atoms with Gasteiger partial charge >= 0.3 is 5.97 Å². The van der Waals surface area contributed by atoms with Crippen molar-refractivity contribution in [2.75, 3.05) is 6.61 Å². The van der Waals surface area contributed by atoms with E-state index < -0.39 is 29.1 Å². The number of rotatable bonds is 5. The van der Waals surface area contributed by atoms with Crippen molar-refractivity contribution in [2.24, 2.45) is 23.2 Å². The van der Waals surface area contributed by atoms with E-state index in [9.17, 15) is 19.5 Å². The van der Waals surface area contributed by atoms with E-state index in [1.54, 1.807) is 19.1 Å². The summed E-state index contributed by atoms with van der Waals surface area (Å²) in [5.41, 5.74) is 4.56. The Morgan fingerprint density at radius 1 is 1.19 bits per heavy atom. The minimum atomic E-state index is -1.16. The maximum absolute atomic E-state index is 12.5. The SMILES string of the molecule is Cc1ccc(OCC(=O)NNC(=O)[C@@H]2[C@H]3C=C[C@@H](C3)[C@]2(C)C(=O)O)cc1. The van der Waals surface area contributed by atoms with Gasteiger partial charge in [0, 0.05) is 0 Å². The van der Waals surface area contributed by atoms with Crippen LogP contribution in [0.2, 0.25) is 0 Å². The largest absolute Gasteiger partial charge is 0.484 e. The highest BCUT2D eigenvalue weighted by Crippen LogP contribution is 2.56. The summed E-state index contributed by atoms with van der Waals surface area (Å²) >= 11 is 0. The lowest BCUT2D eigenvalue weighted by molar-refractivity contribution is -0.156. The summed E-state index contributed by atoms with van der Waals surface area (Å²) in [5.74, 6) is -2.46. The Hall–Kier alpha value is -2.83. The Balaban J connectivity index is 1.53. The van der Waals surface area contributed by atoms with Gasteiger partial charge in [-0.05, 0) is 44.2 Å². The number of benzene rings is 1. The van der Waals surface area contributed by atoms with E-state index in [1.165, 1.54) is 0 Å². The van der Waals surface area contributed by atoms with E-state index in [1.807, 2.05) is 31.2 Å². The highest BCUT2D eigenvalue weighted by Gasteiger charge is 2.60. The van der Waals surface area contributed by atoms with Crippen molar-refractivity contribution >= 4 is 17.8 Å². The summed E-state index contributed by atoms with van der Waals surface area (Å²) in [5, 5.41) is 9.60. The van der Waals surface area contributed by atoms with Crippen molar-refractivity contribution in [3.63, 3.8) is 0 Å². The van der Waals surface area contributed by atoms with Crippen LogP contribution in [0, 0.1) is 30.1 Å². The molecular weight excluding hydrogens is 336 g/mol. The van der Waals surface area contributed by atoms with Crippen LogP contribution in [0.1, 0.15) is 18.9 Å². The zero-order chi connectivity index (χ0) is 18.9. The minimum absolute atomic E-state index is 0.123. The predicted molar refractivity (Wildman–Crippen MR) is 92.9 cm³/mol. The molecule has 7 heteroatoms. The molecule has 1 aromatic carbocycles. The van der Waals surface area contributed by atoms with Gasteiger partial charge in [0.1, 0.15) is 5.75 Å². The van der Waals surface area contributed by atoms with Gasteiger partial charge in [-0.15, -0.1) is 0 Å². The van der Waals surface area contributed by atoms with Crippen molar-refractivity contribution < 1.29 is 24.2 Å². The normalized spacial score (nSPS) is 28.6. The third-order valence-corrected chi connectivity index (χ3v) is 5.42. The summed E-state index contributed by atoms with van der Waals surface area (Å²) < 4.78 is 5.34. The molecule has 2 aliphatic carbocycles. The number of allylic oxidation sites excluding steroid dienone is 2. The zero-order valence-corrected chi connectivity index (χ0v) is 14.7. The van der Waals surface area contributed by atoms with Gasteiger partial charge in [-0.2, -0.15) is 0 Å². The van der Waals surface area contributed by atoms with E-state index in [2.05, 4.69) is 10.9 Å². The summed E-state index contributed by atoms with van der Waals surface area (Å²) in [4.78, 5) is 36.1. The van der Waals surface area contributed by atoms with Crippen molar-refractivity contribution in [3.05, 3.63) is 42.0 Å². The number of carbonyl (C=O) groups excluding carboxylic acids is 2. The smallest absolute Gasteiger partial charge is 0.310 e. The van der Waals surface area contributed by atoms with Crippen LogP contribution in [0.5, 0.6) is 5.75 Å². The van der Waals surface area contributed by atoms with Gasteiger partial charge in [-0.25, -0.2) is 0 Å². The van der Waals surface area contributed by atoms with E-state index >= 15 is 0 Å². The van der Waals surface area contributed by atoms with E-state index in [0.717, 1.165) is 5.56 Å². The van der Waals surface area contributed by atoms with Crippen LogP contribution < -0.4 is 15.6 Å². The van der Waals surface area contributed by atoms with Gasteiger partial charge in [0.05, 0.1) is 11.3 Å². The van der Waals surface area contributed by atoms with Crippen LogP contribution in [0.3, 0.4) is 0 Å². The number of carboxylic acid groups (broad SMARTS) is 1. The van der Waals surface area contributed by atoms with Crippen LogP contribution >= 0.6 is 0 Å². The van der Waals surface area contributed by atoms with Crippen molar-refractivity contribution in [1.82, 2.24) is 10.9 Å². The number of hydrazine groups is 1. The molecule has 2 bridgehead atoms. The minimum Gasteiger partial charge on any atom is -0.484 e. The molecule has 26 heavy (non-hydrogen) atoms. The number of amides is 2. The second-order valence-electron chi connectivity index (χ2n) is 7.10. The third-order valence-electron chi connectivity index (χ3n) is 5.42. The molecule has 3 N–H and O–H groups in total. The molecule has 2 aliphatic rings. The van der Waals surface area contributed by atoms with Gasteiger partial charge in [-0.3, -0.25) is 25.2 Å². The van der Waals surface area contributed by atoms with Gasteiger partial charge < -0.3 is 9.84 Å². The monoisotopic (exact) mass is 358 g/mol. The number of hydrogen-bond acceptors (Lipinski definition) is 4. The molecule has 0 aliphatic heterocycles. The Morgan fingerprint density at radius 2 is 1.88 bits per heavy atom. The predicted octanol–water partition coefficient (Wildman–Crippen LogP) is 1.43. The van der Waals surface area contributed by atoms with E-state index in [0.29, 0.717) is 12.2 Å². The Morgan fingerprint density at radius 3 is 2.54 bits per heavy atom. The molecule has 3 rings (SSSR count). The molecule has 1 fully saturated rings. The molecule has 1 aromatic rings. The highest BCUT2D eigenvalue weighted by atomic mass is 16.5. The maximum atomic E-state index is 12.5. The molecule has 0 saturated heterocycles. The second-order valence-corrected chi connectivity index (χ2v) is 7.10. The lowest BCUT2D eigenvalue weighted by Gasteiger charge is -2.33. The number of carboxylic acids is 1. The zero-order valence-electron chi connectivity index (χ0n) is 14.7. The molecule has 0 unspecified atom stereocenters. The third kappa shape index (κ3) is 3.16. The van der Waals surface area contributed by atoms with Crippen molar-refractivity contribution in [1.29, 1.82) is 0 Å². The van der Waals surface area contributed by atoms with Gasteiger partial charge in [0.2, 0.25) is 5.91 Å². The summed E-state index contributed by atoms with van der Waals surface area (Å²) in [7, 11) is 0. The highest BCUT2D eigenvalue weighted by molar-refractivity contribution is 5.90. The van der Waals surface area contributed by atoms with Crippen LogP contribution in [-0.4, -0.2) is 29.5 Å². The molecule has 0 spiro atoms. The molecular formula is C19H22N2O5. The number of aryl methyl sites for hydroxylation is 1. The molecule has 138 valence electrons. The standard InChI is InChI=1S/C19H22N2O5/c1-11-3-7-14(8-4-11)26-10-15(22)20-21-17(23)16-12-5-6-13(9-12)19(16,2)18(24)25/h3-8,12-13,16H,9-10H2,1-2H3,(H,20,22)(H,21,23)(H,24,25)/t12-,13-,16-,19-/m0/s1. The first kappa shape index (κ1) is 18.0. The second kappa shape index (κ2) is 6.82. The van der Waals surface area contributed by atoms with Crippen LogP contribution in [0.4, 0.5) is 0 Å². The molecule has 0 aromatic heterocycles. The number of aliphatic carboxylic acids is 1. The average molecular weight is 358 g/mol. The number of nitrogens with one attached hydrogen (secondary N) is 2. The number of hydrogen-bond donors (Lipinski definition) is 3. The van der Waals surface area contributed by atoms with Crippen LogP contribution in [0.15, 0.2) is 36.4 Å². The lowest BCUT2D eigenvalue weighted by atomic mass is 9.69. The fourth-order valence-electron chi connectivity index (χ4n) is 3.88. The number of fused-ring (bicyclic) bond motifs is 2. The van der Waals surface area contributed by atoms with Crippen LogP contribution in [-0.2, 0) is 14.4 Å². The Bertz CT molecular complexity index is 758. The lowest BCUT2D eigenvalue weighted by Crippen LogP contribution is -2.52. The van der Waals surface area contributed by atoms with Gasteiger partial charge in [-0.1, -0.05) is 29.8 Å². The first-order valence-electron chi connectivity index (χ1n) is 8.52. The molecule has 0 heterocycles. The fraction of sp³-hybridized carbons (Fsp3) is 0.421. The quantitative estimate of drug-likeness (QED) is 0.546. The van der Waals surface area contributed by atoms with E-state index in [-0.39, 0.29) is 18.4 Å². The molecule has 2 amide bonds. The maximum Gasteiger partial charge on any atom is 0.310 e. The number of carbonyl (C=O) groups is 3. The average Bonchev–Trinajstić information content (AvgIpc) is 3.19. The molecule has 7 nitrogen and oxygen atoms in total. The van der Waals surface area contributed by atoms with Crippen LogP contribution in [0.25, 0.3) is 0 Å². The van der Waals surface area contributed by atoms with Crippen molar-refractivity contribution in [2.45, 2.75) is 20.3 Å². The van der Waals surface area contributed by atoms with Gasteiger partial charge in [0.15, 0.2) is 6.61 Å². The van der Waals surface area contributed by atoms with Gasteiger partial charge in [0.25, 0.3) is 5.91 Å². The molecule has 1 saturated carbocycles. The first-order valence-corrected chi connectivity index (χ1v) is 8.52. The summed E-state index contributed by atoms with van der Waals surface area (Å²) in [6.07, 6.45) is 4.41. The fourth-order valence-corrected chi connectivity index (χ4v) is 3.88. The number of ether oxygens (including phenoxy) is 1. The van der Waals surface area contributed by atoms with E-state index in [4.69, 9.17) is 4.74 Å². The molecule has 4 atom stereocenters. The van der Waals surface area contributed by atoms with Crippen molar-refractivity contribution in [3.8, 4) is 5.75 Å². The summed E-state index contributed by atoms with van der Waals surface area (Å²) in [6, 6.07) is 7.23. The first-order chi connectivity index (χ1) is 12.3. The Labute approximate surface area is 151 Å². The topological polar surface area (TPSA) is 105 Å².